The van der Waals surface area contributed by atoms with Crippen LogP contribution in [-0.4, -0.2) is 18.4 Å². The van der Waals surface area contributed by atoms with Gasteiger partial charge in [-0.05, 0) is 48.7 Å². The zero-order valence-electron chi connectivity index (χ0n) is 16.6. The van der Waals surface area contributed by atoms with Gasteiger partial charge in [0.1, 0.15) is 5.75 Å². The molecule has 5 nitrogen and oxygen atoms in total. The van der Waals surface area contributed by atoms with Crippen molar-refractivity contribution < 1.29 is 14.3 Å². The van der Waals surface area contributed by atoms with E-state index in [9.17, 15) is 9.59 Å². The molecule has 148 valence electrons. The molecule has 0 fully saturated rings. The van der Waals surface area contributed by atoms with Gasteiger partial charge in [-0.3, -0.25) is 9.59 Å². The van der Waals surface area contributed by atoms with Crippen LogP contribution in [0.2, 0.25) is 0 Å². The number of ether oxygens (including phenoxy) is 1. The number of rotatable bonds is 7. The Kier molecular flexibility index (Phi) is 6.63. The number of para-hydroxylation sites is 1. The van der Waals surface area contributed by atoms with Gasteiger partial charge < -0.3 is 15.4 Å². The third-order valence-electron chi connectivity index (χ3n) is 4.44. The molecule has 3 rings (SSSR count). The van der Waals surface area contributed by atoms with E-state index < -0.39 is 0 Å². The van der Waals surface area contributed by atoms with E-state index in [-0.39, 0.29) is 18.4 Å². The van der Waals surface area contributed by atoms with Crippen molar-refractivity contribution in [2.75, 3.05) is 11.9 Å². The van der Waals surface area contributed by atoms with Crippen molar-refractivity contribution in [1.82, 2.24) is 5.32 Å². The van der Waals surface area contributed by atoms with Crippen LogP contribution in [0.1, 0.15) is 27.0 Å². The number of carbonyl (C=O) groups excluding carboxylic acids is 2. The second kappa shape index (κ2) is 9.55. The molecule has 0 aliphatic heterocycles. The number of benzene rings is 3. The second-order valence-electron chi connectivity index (χ2n) is 6.82. The standard InChI is InChI=1S/C24H24N2O3/c1-17-12-13-18(2)22(14-17)29-16-23(27)26-21-11-7-6-10-20(21)24(28)25-15-19-8-4-3-5-9-19/h3-14H,15-16H2,1-2H3,(H,25,28)(H,26,27). The van der Waals surface area contributed by atoms with Gasteiger partial charge in [0.2, 0.25) is 0 Å². The largest absolute Gasteiger partial charge is 0.483 e. The molecule has 0 saturated carbocycles. The molecule has 2 N–H and O–H groups in total. The van der Waals surface area contributed by atoms with Crippen molar-refractivity contribution >= 4 is 17.5 Å². The molecule has 0 aromatic heterocycles. The molecular weight excluding hydrogens is 364 g/mol. The molecule has 0 unspecified atom stereocenters. The van der Waals surface area contributed by atoms with Gasteiger partial charge in [0.25, 0.3) is 11.8 Å². The molecule has 5 heteroatoms. The summed E-state index contributed by atoms with van der Waals surface area (Å²) in [5, 5.41) is 5.65. The minimum atomic E-state index is -0.325. The van der Waals surface area contributed by atoms with E-state index in [2.05, 4.69) is 10.6 Å². The number of carbonyl (C=O) groups is 2. The number of aryl methyl sites for hydroxylation is 2. The Balaban J connectivity index is 1.61. The number of hydrogen-bond donors (Lipinski definition) is 2. The first kappa shape index (κ1) is 20.1. The van der Waals surface area contributed by atoms with Crippen molar-refractivity contribution in [1.29, 1.82) is 0 Å². The third-order valence-corrected chi connectivity index (χ3v) is 4.44. The maximum absolute atomic E-state index is 12.6. The molecule has 29 heavy (non-hydrogen) atoms. The van der Waals surface area contributed by atoms with Crippen LogP contribution in [-0.2, 0) is 11.3 Å². The molecule has 0 atom stereocenters. The fourth-order valence-electron chi connectivity index (χ4n) is 2.86. The van der Waals surface area contributed by atoms with Crippen molar-refractivity contribution in [3.05, 3.63) is 95.1 Å². The molecule has 0 saturated heterocycles. The molecular formula is C24H24N2O3. The normalized spacial score (nSPS) is 10.3. The topological polar surface area (TPSA) is 67.4 Å². The van der Waals surface area contributed by atoms with Gasteiger partial charge in [-0.25, -0.2) is 0 Å². The Bertz CT molecular complexity index is 1000. The summed E-state index contributed by atoms with van der Waals surface area (Å²) in [7, 11) is 0. The lowest BCUT2D eigenvalue weighted by atomic mass is 10.1. The fraction of sp³-hybridized carbons (Fsp3) is 0.167. The summed E-state index contributed by atoms with van der Waals surface area (Å²) in [5.41, 5.74) is 3.89. The van der Waals surface area contributed by atoms with E-state index in [1.807, 2.05) is 62.4 Å². The Morgan fingerprint density at radius 2 is 1.62 bits per heavy atom. The fourth-order valence-corrected chi connectivity index (χ4v) is 2.86. The quantitative estimate of drug-likeness (QED) is 0.636. The maximum Gasteiger partial charge on any atom is 0.262 e. The second-order valence-corrected chi connectivity index (χ2v) is 6.82. The van der Waals surface area contributed by atoms with Crippen molar-refractivity contribution in [2.24, 2.45) is 0 Å². The van der Waals surface area contributed by atoms with E-state index in [0.717, 1.165) is 16.7 Å². The van der Waals surface area contributed by atoms with Crippen LogP contribution < -0.4 is 15.4 Å². The molecule has 3 aromatic rings. The van der Waals surface area contributed by atoms with Crippen LogP contribution in [0, 0.1) is 13.8 Å². The van der Waals surface area contributed by atoms with Crippen LogP contribution in [0.3, 0.4) is 0 Å². The Labute approximate surface area is 170 Å². The highest BCUT2D eigenvalue weighted by atomic mass is 16.5. The lowest BCUT2D eigenvalue weighted by Crippen LogP contribution is -2.26. The zero-order valence-corrected chi connectivity index (χ0v) is 16.6. The van der Waals surface area contributed by atoms with Gasteiger partial charge in [0.05, 0.1) is 11.3 Å². The van der Waals surface area contributed by atoms with E-state index in [0.29, 0.717) is 23.5 Å². The van der Waals surface area contributed by atoms with Crippen molar-refractivity contribution in [3.8, 4) is 5.75 Å². The highest BCUT2D eigenvalue weighted by Gasteiger charge is 2.13. The Morgan fingerprint density at radius 3 is 2.41 bits per heavy atom. The van der Waals surface area contributed by atoms with E-state index in [4.69, 9.17) is 4.74 Å². The first-order chi connectivity index (χ1) is 14.0. The molecule has 3 aromatic carbocycles. The third kappa shape index (κ3) is 5.69. The highest BCUT2D eigenvalue weighted by Crippen LogP contribution is 2.19. The monoisotopic (exact) mass is 388 g/mol. The van der Waals surface area contributed by atoms with Gasteiger partial charge in [-0.1, -0.05) is 54.6 Å². The molecule has 0 bridgehead atoms. The van der Waals surface area contributed by atoms with Gasteiger partial charge in [-0.15, -0.1) is 0 Å². The summed E-state index contributed by atoms with van der Waals surface area (Å²) in [6, 6.07) is 22.4. The van der Waals surface area contributed by atoms with E-state index in [1.54, 1.807) is 24.3 Å². The summed E-state index contributed by atoms with van der Waals surface area (Å²) in [5.74, 6) is 0.100. The van der Waals surface area contributed by atoms with Crippen LogP contribution in [0.15, 0.2) is 72.8 Å². The van der Waals surface area contributed by atoms with Gasteiger partial charge in [-0.2, -0.15) is 0 Å². The Morgan fingerprint density at radius 1 is 0.897 bits per heavy atom. The van der Waals surface area contributed by atoms with Gasteiger partial charge in [0, 0.05) is 6.54 Å². The first-order valence-corrected chi connectivity index (χ1v) is 9.44. The summed E-state index contributed by atoms with van der Waals surface area (Å²) in [4.78, 5) is 25.0. The number of nitrogens with one attached hydrogen (secondary N) is 2. The predicted molar refractivity (Wildman–Crippen MR) is 114 cm³/mol. The van der Waals surface area contributed by atoms with Crippen LogP contribution >= 0.6 is 0 Å². The summed E-state index contributed by atoms with van der Waals surface area (Å²) in [6.45, 7) is 4.18. The maximum atomic E-state index is 12.6. The van der Waals surface area contributed by atoms with Gasteiger partial charge in [0.15, 0.2) is 6.61 Å². The van der Waals surface area contributed by atoms with Crippen LogP contribution in [0.5, 0.6) is 5.75 Å². The molecule has 0 aliphatic carbocycles. The van der Waals surface area contributed by atoms with Gasteiger partial charge >= 0.3 is 0 Å². The summed E-state index contributed by atoms with van der Waals surface area (Å²) in [6.07, 6.45) is 0. The van der Waals surface area contributed by atoms with Crippen molar-refractivity contribution in [2.45, 2.75) is 20.4 Å². The number of hydrogen-bond acceptors (Lipinski definition) is 3. The highest BCUT2D eigenvalue weighted by molar-refractivity contribution is 6.04. The molecule has 2 amide bonds. The van der Waals surface area contributed by atoms with E-state index >= 15 is 0 Å². The average molecular weight is 388 g/mol. The zero-order chi connectivity index (χ0) is 20.6. The number of anilines is 1. The van der Waals surface area contributed by atoms with Crippen molar-refractivity contribution in [3.63, 3.8) is 0 Å². The smallest absolute Gasteiger partial charge is 0.262 e. The van der Waals surface area contributed by atoms with Crippen LogP contribution in [0.4, 0.5) is 5.69 Å². The lowest BCUT2D eigenvalue weighted by Gasteiger charge is -2.13. The minimum Gasteiger partial charge on any atom is -0.483 e. The van der Waals surface area contributed by atoms with Crippen LogP contribution in [0.25, 0.3) is 0 Å². The predicted octanol–water partition coefficient (Wildman–Crippen LogP) is 4.25. The molecule has 0 radical (unpaired) electrons. The minimum absolute atomic E-state index is 0.135. The molecule has 0 spiro atoms. The lowest BCUT2D eigenvalue weighted by molar-refractivity contribution is -0.118. The SMILES string of the molecule is Cc1ccc(C)c(OCC(=O)Nc2ccccc2C(=O)NCc2ccccc2)c1. The summed E-state index contributed by atoms with van der Waals surface area (Å²) >= 11 is 0. The number of amides is 2. The first-order valence-electron chi connectivity index (χ1n) is 9.44. The van der Waals surface area contributed by atoms with E-state index in [1.165, 1.54) is 0 Å². The Hall–Kier alpha value is -3.60. The molecule has 0 heterocycles. The average Bonchev–Trinajstić information content (AvgIpc) is 2.74. The summed E-state index contributed by atoms with van der Waals surface area (Å²) < 4.78 is 5.64. The molecule has 0 aliphatic rings.